The monoisotopic (exact) mass is 230 g/mol. The number of aliphatic hydroxyl groups is 1. The van der Waals surface area contributed by atoms with Crippen molar-refractivity contribution in [2.45, 2.75) is 19.9 Å². The molecule has 0 bridgehead atoms. The summed E-state index contributed by atoms with van der Waals surface area (Å²) in [4.78, 5) is 4.44. The van der Waals surface area contributed by atoms with Gasteiger partial charge in [0.2, 0.25) is 0 Å². The highest BCUT2D eigenvalue weighted by Gasteiger charge is 1.98. The molecule has 0 aliphatic heterocycles. The Bertz CT molecular complexity index is 266. The third-order valence-electron chi connectivity index (χ3n) is 1.87. The van der Waals surface area contributed by atoms with Crippen LogP contribution >= 0.6 is 11.3 Å². The van der Waals surface area contributed by atoms with E-state index in [1.165, 1.54) is 5.01 Å². The maximum Gasteiger partial charge on any atom is 0.0926 e. The maximum absolute atomic E-state index is 8.48. The van der Waals surface area contributed by atoms with Crippen molar-refractivity contribution in [3.8, 4) is 0 Å². The molecule has 0 atom stereocenters. The Labute approximate surface area is 94.3 Å². The summed E-state index contributed by atoms with van der Waals surface area (Å²) in [6, 6.07) is 0. The lowest BCUT2D eigenvalue weighted by Gasteiger charge is -2.03. The minimum atomic E-state index is 0.0892. The molecule has 1 aromatic rings. The number of hydrogen-bond donors (Lipinski definition) is 2. The lowest BCUT2D eigenvalue weighted by Crippen LogP contribution is -2.20. The molecule has 2 N–H and O–H groups in total. The van der Waals surface area contributed by atoms with E-state index in [4.69, 9.17) is 9.84 Å². The summed E-state index contributed by atoms with van der Waals surface area (Å²) in [5, 5.41) is 15.0. The average molecular weight is 230 g/mol. The summed E-state index contributed by atoms with van der Waals surface area (Å²) < 4.78 is 5.12. The van der Waals surface area contributed by atoms with Crippen LogP contribution in [-0.4, -0.2) is 36.5 Å². The summed E-state index contributed by atoms with van der Waals surface area (Å²) in [5.74, 6) is 0. The van der Waals surface area contributed by atoms with Gasteiger partial charge in [-0.15, -0.1) is 11.3 Å². The van der Waals surface area contributed by atoms with Crippen molar-refractivity contribution in [2.75, 3.05) is 26.4 Å². The van der Waals surface area contributed by atoms with E-state index in [9.17, 15) is 0 Å². The number of aromatic nitrogens is 1. The molecule has 0 aromatic carbocycles. The second-order valence-corrected chi connectivity index (χ2v) is 4.04. The van der Waals surface area contributed by atoms with Crippen molar-refractivity contribution in [3.63, 3.8) is 0 Å². The van der Waals surface area contributed by atoms with Crippen molar-refractivity contribution in [3.05, 3.63) is 16.1 Å². The number of thiazole rings is 1. The molecule has 0 fully saturated rings. The van der Waals surface area contributed by atoms with Crippen molar-refractivity contribution >= 4 is 11.3 Å². The van der Waals surface area contributed by atoms with Gasteiger partial charge in [-0.1, -0.05) is 6.92 Å². The molecule has 86 valence electrons. The van der Waals surface area contributed by atoms with Gasteiger partial charge in [0, 0.05) is 18.5 Å². The first-order valence-electron chi connectivity index (χ1n) is 5.19. The standard InChI is InChI=1S/C10H18N2O2S/c1-2-10-12-9(8-15-10)7-11-3-5-14-6-4-13/h8,11,13H,2-7H2,1H3. The fraction of sp³-hybridized carbons (Fsp3) is 0.700. The second kappa shape index (κ2) is 7.76. The minimum Gasteiger partial charge on any atom is -0.394 e. The van der Waals surface area contributed by atoms with Gasteiger partial charge in [0.05, 0.1) is 30.5 Å². The first-order valence-corrected chi connectivity index (χ1v) is 6.07. The summed E-state index contributed by atoms with van der Waals surface area (Å²) in [5.41, 5.74) is 1.10. The van der Waals surface area contributed by atoms with Gasteiger partial charge in [0.15, 0.2) is 0 Å². The topological polar surface area (TPSA) is 54.4 Å². The predicted octanol–water partition coefficient (Wildman–Crippen LogP) is 0.804. The normalized spacial score (nSPS) is 10.8. The Morgan fingerprint density at radius 2 is 2.40 bits per heavy atom. The van der Waals surface area contributed by atoms with Crippen molar-refractivity contribution in [1.82, 2.24) is 10.3 Å². The molecule has 0 spiro atoms. The van der Waals surface area contributed by atoms with Crippen LogP contribution in [0, 0.1) is 0 Å². The molecule has 0 unspecified atom stereocenters. The van der Waals surface area contributed by atoms with Gasteiger partial charge in [-0.3, -0.25) is 0 Å². The van der Waals surface area contributed by atoms with Gasteiger partial charge < -0.3 is 15.2 Å². The Kier molecular flexibility index (Phi) is 6.50. The van der Waals surface area contributed by atoms with E-state index in [1.54, 1.807) is 11.3 Å². The van der Waals surface area contributed by atoms with Crippen molar-refractivity contribution in [2.24, 2.45) is 0 Å². The molecule has 0 amide bonds. The zero-order chi connectivity index (χ0) is 10.9. The first-order chi connectivity index (χ1) is 7.36. The first kappa shape index (κ1) is 12.6. The van der Waals surface area contributed by atoms with Crippen LogP contribution in [-0.2, 0) is 17.7 Å². The smallest absolute Gasteiger partial charge is 0.0926 e. The summed E-state index contributed by atoms with van der Waals surface area (Å²) in [6.07, 6.45) is 1.00. The number of hydrogen-bond acceptors (Lipinski definition) is 5. The van der Waals surface area contributed by atoms with E-state index < -0.39 is 0 Å². The average Bonchev–Trinajstić information content (AvgIpc) is 2.71. The van der Waals surface area contributed by atoms with E-state index in [0.717, 1.165) is 25.2 Å². The van der Waals surface area contributed by atoms with E-state index in [2.05, 4.69) is 22.6 Å². The van der Waals surface area contributed by atoms with Gasteiger partial charge in [-0.05, 0) is 6.42 Å². The summed E-state index contributed by atoms with van der Waals surface area (Å²) in [6.45, 7) is 4.83. The van der Waals surface area contributed by atoms with Gasteiger partial charge in [-0.25, -0.2) is 4.98 Å². The zero-order valence-corrected chi connectivity index (χ0v) is 9.85. The highest BCUT2D eigenvalue weighted by Crippen LogP contribution is 2.09. The van der Waals surface area contributed by atoms with Crippen LogP contribution in [0.4, 0.5) is 0 Å². The van der Waals surface area contributed by atoms with Crippen molar-refractivity contribution < 1.29 is 9.84 Å². The fourth-order valence-electron chi connectivity index (χ4n) is 1.12. The third-order valence-corrected chi connectivity index (χ3v) is 2.91. The van der Waals surface area contributed by atoms with Gasteiger partial charge >= 0.3 is 0 Å². The Balaban J connectivity index is 2.04. The van der Waals surface area contributed by atoms with Gasteiger partial charge in [-0.2, -0.15) is 0 Å². The highest BCUT2D eigenvalue weighted by atomic mass is 32.1. The van der Waals surface area contributed by atoms with Crippen LogP contribution in [0.2, 0.25) is 0 Å². The second-order valence-electron chi connectivity index (χ2n) is 3.10. The Morgan fingerprint density at radius 1 is 1.53 bits per heavy atom. The molecule has 0 saturated carbocycles. The van der Waals surface area contributed by atoms with Crippen LogP contribution < -0.4 is 5.32 Å². The Hall–Kier alpha value is -0.490. The van der Waals surface area contributed by atoms with Crippen LogP contribution in [0.15, 0.2) is 5.38 Å². The molecule has 0 aliphatic rings. The van der Waals surface area contributed by atoms with Crippen LogP contribution in [0.5, 0.6) is 0 Å². The SMILES string of the molecule is CCc1nc(CNCCOCCO)cs1. The lowest BCUT2D eigenvalue weighted by molar-refractivity contribution is 0.0937. The summed E-state index contributed by atoms with van der Waals surface area (Å²) >= 11 is 1.71. The molecule has 0 saturated heterocycles. The van der Waals surface area contributed by atoms with Gasteiger partial charge in [0.1, 0.15) is 0 Å². The lowest BCUT2D eigenvalue weighted by atomic mass is 10.4. The number of aryl methyl sites for hydroxylation is 1. The number of nitrogens with zero attached hydrogens (tertiary/aromatic N) is 1. The number of nitrogens with one attached hydrogen (secondary N) is 1. The third kappa shape index (κ3) is 5.22. The number of rotatable bonds is 8. The molecule has 0 aliphatic carbocycles. The number of ether oxygens (including phenoxy) is 1. The molecule has 0 radical (unpaired) electrons. The highest BCUT2D eigenvalue weighted by molar-refractivity contribution is 7.09. The molecule has 15 heavy (non-hydrogen) atoms. The van der Waals surface area contributed by atoms with Crippen LogP contribution in [0.3, 0.4) is 0 Å². The van der Waals surface area contributed by atoms with Crippen LogP contribution in [0.1, 0.15) is 17.6 Å². The van der Waals surface area contributed by atoms with Crippen LogP contribution in [0.25, 0.3) is 0 Å². The number of aliphatic hydroxyl groups excluding tert-OH is 1. The Morgan fingerprint density at radius 3 is 3.07 bits per heavy atom. The predicted molar refractivity (Wildman–Crippen MR) is 61.1 cm³/mol. The fourth-order valence-corrected chi connectivity index (χ4v) is 1.86. The summed E-state index contributed by atoms with van der Waals surface area (Å²) in [7, 11) is 0. The molecule has 4 nitrogen and oxygen atoms in total. The van der Waals surface area contributed by atoms with Crippen molar-refractivity contribution in [1.29, 1.82) is 0 Å². The molecular weight excluding hydrogens is 212 g/mol. The minimum absolute atomic E-state index is 0.0892. The molecule has 1 heterocycles. The van der Waals surface area contributed by atoms with E-state index in [-0.39, 0.29) is 6.61 Å². The largest absolute Gasteiger partial charge is 0.394 e. The molecule has 5 heteroatoms. The molecule has 1 aromatic heterocycles. The maximum atomic E-state index is 8.48. The van der Waals surface area contributed by atoms with E-state index >= 15 is 0 Å². The molecule has 1 rings (SSSR count). The zero-order valence-electron chi connectivity index (χ0n) is 9.03. The quantitative estimate of drug-likeness (QED) is 0.649. The molecular formula is C10H18N2O2S. The van der Waals surface area contributed by atoms with E-state index in [1.807, 2.05) is 0 Å². The van der Waals surface area contributed by atoms with E-state index in [0.29, 0.717) is 13.2 Å². The van der Waals surface area contributed by atoms with Gasteiger partial charge in [0.25, 0.3) is 0 Å².